The van der Waals surface area contributed by atoms with Crippen molar-refractivity contribution in [2.75, 3.05) is 6.61 Å². The Hall–Kier alpha value is -0.300. The molecule has 0 aromatic heterocycles. The third-order valence-corrected chi connectivity index (χ3v) is 2.27. The summed E-state index contributed by atoms with van der Waals surface area (Å²) in [6, 6.07) is 0. The lowest BCUT2D eigenvalue weighted by Gasteiger charge is -2.29. The van der Waals surface area contributed by atoms with Crippen molar-refractivity contribution in [1.29, 1.82) is 0 Å². The average molecular weight is 212 g/mol. The highest BCUT2D eigenvalue weighted by Crippen LogP contribution is 2.25. The molecular formula is C14H28O. The molecule has 0 saturated carbocycles. The molecule has 90 valence electrons. The Morgan fingerprint density at radius 2 is 1.60 bits per heavy atom. The molecule has 0 bridgehead atoms. The molecule has 0 saturated heterocycles. The highest BCUT2D eigenvalue weighted by atomic mass is 16.5. The van der Waals surface area contributed by atoms with Crippen molar-refractivity contribution in [3.63, 3.8) is 0 Å². The maximum Gasteiger partial charge on any atom is 0.0598 e. The predicted octanol–water partition coefficient (Wildman–Crippen LogP) is 4.57. The first kappa shape index (κ1) is 14.7. The first-order chi connectivity index (χ1) is 6.62. The monoisotopic (exact) mass is 212 g/mol. The first-order valence-corrected chi connectivity index (χ1v) is 5.90. The summed E-state index contributed by atoms with van der Waals surface area (Å²) in [6.45, 7) is 16.0. The summed E-state index contributed by atoms with van der Waals surface area (Å²) in [5.41, 5.74) is 1.66. The minimum atomic E-state index is -0.0201. The summed E-state index contributed by atoms with van der Waals surface area (Å²) in [4.78, 5) is 0. The highest BCUT2D eigenvalue weighted by Gasteiger charge is 2.21. The maximum absolute atomic E-state index is 5.83. The van der Waals surface area contributed by atoms with Crippen LogP contribution in [0.3, 0.4) is 0 Å². The minimum Gasteiger partial charge on any atom is -0.375 e. The van der Waals surface area contributed by atoms with Crippen LogP contribution in [0.25, 0.3) is 0 Å². The van der Waals surface area contributed by atoms with Crippen LogP contribution < -0.4 is 0 Å². The molecule has 0 aromatic rings. The molecule has 0 fully saturated rings. The van der Waals surface area contributed by atoms with Gasteiger partial charge in [-0.25, -0.2) is 0 Å². The van der Waals surface area contributed by atoms with Gasteiger partial charge in [-0.1, -0.05) is 25.5 Å². The van der Waals surface area contributed by atoms with Gasteiger partial charge < -0.3 is 4.74 Å². The lowest BCUT2D eigenvalue weighted by molar-refractivity contribution is -0.0446. The second-order valence-corrected chi connectivity index (χ2v) is 6.39. The van der Waals surface area contributed by atoms with Crippen molar-refractivity contribution in [3.05, 3.63) is 11.6 Å². The average Bonchev–Trinajstić information content (AvgIpc) is 1.99. The Bertz CT molecular complexity index is 202. The third kappa shape index (κ3) is 9.99. The van der Waals surface area contributed by atoms with E-state index in [1.165, 1.54) is 12.0 Å². The summed E-state index contributed by atoms with van der Waals surface area (Å²) < 4.78 is 5.83. The molecular weight excluding hydrogens is 184 g/mol. The van der Waals surface area contributed by atoms with Gasteiger partial charge in [0.2, 0.25) is 0 Å². The fraction of sp³-hybridized carbons (Fsp3) is 0.857. The van der Waals surface area contributed by atoms with Crippen molar-refractivity contribution in [2.45, 2.75) is 66.9 Å². The molecule has 0 aromatic carbocycles. The summed E-state index contributed by atoms with van der Waals surface area (Å²) >= 11 is 0. The van der Waals surface area contributed by atoms with E-state index in [9.17, 15) is 0 Å². The van der Waals surface area contributed by atoms with Crippen LogP contribution in [0.15, 0.2) is 11.6 Å². The van der Waals surface area contributed by atoms with E-state index in [-0.39, 0.29) is 11.0 Å². The van der Waals surface area contributed by atoms with Crippen LogP contribution in [0.5, 0.6) is 0 Å². The summed E-state index contributed by atoms with van der Waals surface area (Å²) in [5, 5.41) is 0. The zero-order valence-electron chi connectivity index (χ0n) is 11.6. The van der Waals surface area contributed by atoms with Crippen LogP contribution in [0.2, 0.25) is 0 Å². The molecule has 0 atom stereocenters. The molecule has 1 heteroatoms. The fourth-order valence-electron chi connectivity index (χ4n) is 1.24. The highest BCUT2D eigenvalue weighted by molar-refractivity contribution is 4.93. The summed E-state index contributed by atoms with van der Waals surface area (Å²) in [6.07, 6.45) is 4.65. The van der Waals surface area contributed by atoms with E-state index >= 15 is 0 Å². The Labute approximate surface area is 95.9 Å². The topological polar surface area (TPSA) is 9.23 Å². The molecule has 0 aliphatic heterocycles. The zero-order valence-corrected chi connectivity index (χ0v) is 11.6. The van der Waals surface area contributed by atoms with E-state index < -0.39 is 0 Å². The van der Waals surface area contributed by atoms with Gasteiger partial charge >= 0.3 is 0 Å². The second-order valence-electron chi connectivity index (χ2n) is 6.39. The van der Waals surface area contributed by atoms with Gasteiger partial charge in [0.1, 0.15) is 0 Å². The zero-order chi connectivity index (χ0) is 12.1. The molecule has 0 radical (unpaired) electrons. The van der Waals surface area contributed by atoms with E-state index in [1.54, 1.807) is 0 Å². The Morgan fingerprint density at radius 3 is 2.00 bits per heavy atom. The van der Waals surface area contributed by atoms with Crippen LogP contribution >= 0.6 is 0 Å². The Kier molecular flexibility index (Phi) is 5.58. The predicted molar refractivity (Wildman–Crippen MR) is 68.2 cm³/mol. The molecule has 0 N–H and O–H groups in total. The van der Waals surface area contributed by atoms with Crippen molar-refractivity contribution >= 4 is 0 Å². The molecule has 0 amide bonds. The third-order valence-electron chi connectivity index (χ3n) is 2.27. The van der Waals surface area contributed by atoms with E-state index in [1.807, 2.05) is 0 Å². The largest absolute Gasteiger partial charge is 0.375 e. The molecule has 0 spiro atoms. The first-order valence-electron chi connectivity index (χ1n) is 5.90. The van der Waals surface area contributed by atoms with Crippen LogP contribution in [0.1, 0.15) is 61.3 Å². The lowest BCUT2D eigenvalue weighted by atomic mass is 9.88. The van der Waals surface area contributed by atoms with E-state index in [0.717, 1.165) is 13.0 Å². The SMILES string of the molecule is CC(C)=CCCC(C)(C)COC(C)(C)C. The Morgan fingerprint density at radius 1 is 1.07 bits per heavy atom. The fourth-order valence-corrected chi connectivity index (χ4v) is 1.24. The van der Waals surface area contributed by atoms with Gasteiger partial charge in [-0.2, -0.15) is 0 Å². The van der Waals surface area contributed by atoms with Gasteiger partial charge in [-0.05, 0) is 52.9 Å². The van der Waals surface area contributed by atoms with Crippen molar-refractivity contribution < 1.29 is 4.74 Å². The molecule has 15 heavy (non-hydrogen) atoms. The molecule has 0 heterocycles. The Balaban J connectivity index is 3.92. The van der Waals surface area contributed by atoms with Crippen molar-refractivity contribution in [3.8, 4) is 0 Å². The molecule has 0 aliphatic carbocycles. The van der Waals surface area contributed by atoms with E-state index in [0.29, 0.717) is 0 Å². The van der Waals surface area contributed by atoms with Crippen LogP contribution in [0.4, 0.5) is 0 Å². The van der Waals surface area contributed by atoms with Gasteiger partial charge in [-0.3, -0.25) is 0 Å². The molecule has 0 unspecified atom stereocenters. The smallest absolute Gasteiger partial charge is 0.0598 e. The van der Waals surface area contributed by atoms with Crippen LogP contribution in [-0.2, 0) is 4.74 Å². The van der Waals surface area contributed by atoms with E-state index in [4.69, 9.17) is 4.74 Å². The van der Waals surface area contributed by atoms with Gasteiger partial charge in [0.25, 0.3) is 0 Å². The number of rotatable bonds is 5. The molecule has 0 rings (SSSR count). The van der Waals surface area contributed by atoms with Crippen LogP contribution in [-0.4, -0.2) is 12.2 Å². The normalized spacial score (nSPS) is 12.7. The number of hydrogen-bond donors (Lipinski definition) is 0. The van der Waals surface area contributed by atoms with Gasteiger partial charge in [0, 0.05) is 0 Å². The van der Waals surface area contributed by atoms with Gasteiger partial charge in [-0.15, -0.1) is 0 Å². The molecule has 1 nitrogen and oxygen atoms in total. The maximum atomic E-state index is 5.83. The number of ether oxygens (including phenoxy) is 1. The standard InChI is InChI=1S/C14H28O/c1-12(2)9-8-10-14(6,7)11-15-13(3,4)5/h9H,8,10-11H2,1-7H3. The quantitative estimate of drug-likeness (QED) is 0.606. The summed E-state index contributed by atoms with van der Waals surface area (Å²) in [7, 11) is 0. The molecule has 0 aliphatic rings. The number of hydrogen-bond acceptors (Lipinski definition) is 1. The van der Waals surface area contributed by atoms with Crippen molar-refractivity contribution in [2.24, 2.45) is 5.41 Å². The summed E-state index contributed by atoms with van der Waals surface area (Å²) in [5.74, 6) is 0. The lowest BCUT2D eigenvalue weighted by Crippen LogP contribution is -2.28. The minimum absolute atomic E-state index is 0.0201. The van der Waals surface area contributed by atoms with Crippen molar-refractivity contribution in [1.82, 2.24) is 0 Å². The van der Waals surface area contributed by atoms with Crippen LogP contribution in [0, 0.1) is 5.41 Å². The number of allylic oxidation sites excluding steroid dienone is 2. The second kappa shape index (κ2) is 5.69. The van der Waals surface area contributed by atoms with E-state index in [2.05, 4.69) is 54.5 Å². The van der Waals surface area contributed by atoms with Gasteiger partial charge in [0.05, 0.1) is 12.2 Å². The van der Waals surface area contributed by atoms with Gasteiger partial charge in [0.15, 0.2) is 0 Å².